The Kier molecular flexibility index (Phi) is 5.78. The van der Waals surface area contributed by atoms with Crippen molar-refractivity contribution in [1.82, 2.24) is 5.16 Å². The molecule has 0 fully saturated rings. The molecule has 0 unspecified atom stereocenters. The van der Waals surface area contributed by atoms with E-state index in [-0.39, 0.29) is 12.1 Å². The normalized spacial score (nSPS) is 18.7. The summed E-state index contributed by atoms with van der Waals surface area (Å²) in [6.45, 7) is 2.41. The molecule has 0 saturated heterocycles. The number of thioether (sulfide) groups is 1. The molecule has 144 valence electrons. The second kappa shape index (κ2) is 8.63. The Balaban J connectivity index is 1.58. The molecule has 1 aliphatic heterocycles. The maximum Gasteiger partial charge on any atom is 0.222 e. The number of hydrogen-bond acceptors (Lipinski definition) is 6. The first kappa shape index (κ1) is 18.8. The lowest BCUT2D eigenvalue weighted by Gasteiger charge is -2.17. The predicted octanol–water partition coefficient (Wildman–Crippen LogP) is 4.81. The van der Waals surface area contributed by atoms with Crippen molar-refractivity contribution in [2.45, 2.75) is 29.7 Å². The fourth-order valence-corrected chi connectivity index (χ4v) is 4.10. The van der Waals surface area contributed by atoms with E-state index < -0.39 is 0 Å². The Labute approximate surface area is 168 Å². The molecule has 0 spiro atoms. The lowest BCUT2D eigenvalue weighted by Crippen LogP contribution is -2.19. The summed E-state index contributed by atoms with van der Waals surface area (Å²) in [6.07, 6.45) is -0.180. The number of nitrogens with zero attached hydrogens (tertiary/aromatic N) is 2. The Bertz CT molecular complexity index is 941. The van der Waals surface area contributed by atoms with Crippen LogP contribution in [0.5, 0.6) is 0 Å². The largest absolute Gasteiger partial charge is 0.467 e. The van der Waals surface area contributed by atoms with Gasteiger partial charge in [-0.05, 0) is 24.6 Å². The third kappa shape index (κ3) is 3.98. The van der Waals surface area contributed by atoms with Crippen LogP contribution in [0, 0.1) is 6.92 Å². The number of aromatic nitrogens is 1. The maximum atomic E-state index is 6.29. The van der Waals surface area contributed by atoms with Gasteiger partial charge in [0.1, 0.15) is 11.6 Å². The summed E-state index contributed by atoms with van der Waals surface area (Å²) in [4.78, 5) is 5.99. The number of methoxy groups -OCH3 is 1. The molecule has 6 heteroatoms. The van der Waals surface area contributed by atoms with Gasteiger partial charge in [-0.15, -0.1) is 11.8 Å². The summed E-state index contributed by atoms with van der Waals surface area (Å²) >= 11 is 1.70. The SMILES string of the molecule is COC[C@@H]1N=C(c2c(C)noc2CSc2ccccc2)O[C@H]1c1ccccc1. The van der Waals surface area contributed by atoms with Crippen molar-refractivity contribution in [3.63, 3.8) is 0 Å². The first-order valence-corrected chi connectivity index (χ1v) is 10.2. The minimum atomic E-state index is -0.180. The van der Waals surface area contributed by atoms with Crippen LogP contribution in [0.25, 0.3) is 0 Å². The van der Waals surface area contributed by atoms with Crippen molar-refractivity contribution >= 4 is 17.7 Å². The summed E-state index contributed by atoms with van der Waals surface area (Å²) in [5.41, 5.74) is 2.72. The molecular weight excluding hydrogens is 372 g/mol. The number of rotatable bonds is 7. The summed E-state index contributed by atoms with van der Waals surface area (Å²) < 4.78 is 17.3. The van der Waals surface area contributed by atoms with Crippen LogP contribution in [0.1, 0.15) is 28.7 Å². The van der Waals surface area contributed by atoms with E-state index in [0.717, 1.165) is 22.6 Å². The number of hydrogen-bond donors (Lipinski definition) is 0. The average molecular weight is 394 g/mol. The van der Waals surface area contributed by atoms with Crippen LogP contribution in [0.2, 0.25) is 0 Å². The van der Waals surface area contributed by atoms with Crippen molar-refractivity contribution < 1.29 is 14.0 Å². The smallest absolute Gasteiger partial charge is 0.222 e. The third-order valence-corrected chi connectivity index (χ3v) is 5.61. The zero-order valence-corrected chi connectivity index (χ0v) is 16.7. The molecular formula is C22H22N2O3S. The Hall–Kier alpha value is -2.57. The predicted molar refractivity (Wildman–Crippen MR) is 110 cm³/mol. The monoisotopic (exact) mass is 394 g/mol. The van der Waals surface area contributed by atoms with E-state index in [2.05, 4.69) is 29.4 Å². The molecule has 3 aromatic rings. The molecule has 2 aromatic carbocycles. The fraction of sp³-hybridized carbons (Fsp3) is 0.273. The van der Waals surface area contributed by atoms with Gasteiger partial charge in [-0.2, -0.15) is 0 Å². The summed E-state index contributed by atoms with van der Waals surface area (Å²) in [5, 5.41) is 4.16. The summed E-state index contributed by atoms with van der Waals surface area (Å²) in [6, 6.07) is 20.2. The quantitative estimate of drug-likeness (QED) is 0.538. The van der Waals surface area contributed by atoms with Gasteiger partial charge >= 0.3 is 0 Å². The number of benzene rings is 2. The van der Waals surface area contributed by atoms with Gasteiger partial charge in [0.05, 0.1) is 18.1 Å². The molecule has 0 radical (unpaired) electrons. The molecule has 0 amide bonds. The second-order valence-electron chi connectivity index (χ2n) is 6.57. The molecule has 4 rings (SSSR count). The van der Waals surface area contributed by atoms with Gasteiger partial charge in [-0.1, -0.05) is 53.7 Å². The Morgan fingerprint density at radius 3 is 2.46 bits per heavy atom. The first-order chi connectivity index (χ1) is 13.8. The molecule has 1 aromatic heterocycles. The molecule has 28 heavy (non-hydrogen) atoms. The van der Waals surface area contributed by atoms with E-state index in [0.29, 0.717) is 18.3 Å². The van der Waals surface area contributed by atoms with E-state index >= 15 is 0 Å². The fourth-order valence-electron chi connectivity index (χ4n) is 3.25. The van der Waals surface area contributed by atoms with E-state index in [1.165, 1.54) is 4.90 Å². The average Bonchev–Trinajstić information content (AvgIpc) is 3.31. The lowest BCUT2D eigenvalue weighted by atomic mass is 10.0. The second-order valence-corrected chi connectivity index (χ2v) is 7.62. The van der Waals surface area contributed by atoms with Crippen LogP contribution in [0.3, 0.4) is 0 Å². The molecule has 0 N–H and O–H groups in total. The van der Waals surface area contributed by atoms with Crippen molar-refractivity contribution in [3.05, 3.63) is 83.2 Å². The van der Waals surface area contributed by atoms with E-state index in [1.807, 2.05) is 43.3 Å². The van der Waals surface area contributed by atoms with Gasteiger partial charge < -0.3 is 14.0 Å². The van der Waals surface area contributed by atoms with Gasteiger partial charge in [-0.3, -0.25) is 0 Å². The molecule has 0 aliphatic carbocycles. The van der Waals surface area contributed by atoms with Crippen LogP contribution < -0.4 is 0 Å². The molecule has 5 nitrogen and oxygen atoms in total. The third-order valence-electron chi connectivity index (χ3n) is 4.60. The molecule has 2 heterocycles. The van der Waals surface area contributed by atoms with E-state index in [1.54, 1.807) is 18.9 Å². The van der Waals surface area contributed by atoms with E-state index in [9.17, 15) is 0 Å². The Morgan fingerprint density at radius 2 is 1.75 bits per heavy atom. The molecule has 1 aliphatic rings. The highest BCUT2D eigenvalue weighted by molar-refractivity contribution is 7.98. The van der Waals surface area contributed by atoms with Crippen molar-refractivity contribution in [2.75, 3.05) is 13.7 Å². The highest BCUT2D eigenvalue weighted by Crippen LogP contribution is 2.34. The number of ether oxygens (including phenoxy) is 2. The number of aryl methyl sites for hydroxylation is 1. The van der Waals surface area contributed by atoms with E-state index in [4.69, 9.17) is 19.0 Å². The molecule has 2 atom stereocenters. The van der Waals surface area contributed by atoms with Crippen molar-refractivity contribution in [1.29, 1.82) is 0 Å². The highest BCUT2D eigenvalue weighted by atomic mass is 32.2. The summed E-state index contributed by atoms with van der Waals surface area (Å²) in [5.74, 6) is 2.02. The number of aliphatic imine (C=N–C) groups is 1. The lowest BCUT2D eigenvalue weighted by molar-refractivity contribution is 0.120. The summed E-state index contributed by atoms with van der Waals surface area (Å²) in [7, 11) is 1.68. The van der Waals surface area contributed by atoms with Gasteiger partial charge in [0.15, 0.2) is 11.9 Å². The minimum Gasteiger partial charge on any atom is -0.467 e. The first-order valence-electron chi connectivity index (χ1n) is 9.18. The van der Waals surface area contributed by atoms with Crippen LogP contribution in [0.15, 0.2) is 75.1 Å². The standard InChI is InChI=1S/C22H22N2O3S/c1-15-20(19(27-24-15)14-28-17-11-7-4-8-12-17)22-23-18(13-25-2)21(26-22)16-9-5-3-6-10-16/h3-12,18,21H,13-14H2,1-2H3/t18-,21-/m0/s1. The minimum absolute atomic E-state index is 0.105. The molecule has 0 bridgehead atoms. The Morgan fingerprint density at radius 1 is 1.04 bits per heavy atom. The zero-order chi connectivity index (χ0) is 19.3. The topological polar surface area (TPSA) is 56.9 Å². The van der Waals surface area contributed by atoms with Gasteiger partial charge in [-0.25, -0.2) is 4.99 Å². The molecule has 0 saturated carbocycles. The zero-order valence-electron chi connectivity index (χ0n) is 15.9. The van der Waals surface area contributed by atoms with Crippen molar-refractivity contribution in [2.24, 2.45) is 4.99 Å². The van der Waals surface area contributed by atoms with Crippen LogP contribution in [-0.2, 0) is 15.2 Å². The van der Waals surface area contributed by atoms with Crippen LogP contribution in [0.4, 0.5) is 0 Å². The van der Waals surface area contributed by atoms with Crippen LogP contribution in [-0.4, -0.2) is 30.8 Å². The van der Waals surface area contributed by atoms with Gasteiger partial charge in [0, 0.05) is 12.0 Å². The van der Waals surface area contributed by atoms with Gasteiger partial charge in [0.2, 0.25) is 5.90 Å². The highest BCUT2D eigenvalue weighted by Gasteiger charge is 2.35. The van der Waals surface area contributed by atoms with Crippen molar-refractivity contribution in [3.8, 4) is 0 Å². The maximum absolute atomic E-state index is 6.29. The van der Waals surface area contributed by atoms with Gasteiger partial charge in [0.25, 0.3) is 0 Å². The van der Waals surface area contributed by atoms with Crippen LogP contribution >= 0.6 is 11.8 Å².